The highest BCUT2D eigenvalue weighted by molar-refractivity contribution is 5.67. The number of carbonyl (C=O) groups excluding carboxylic acids is 1. The summed E-state index contributed by atoms with van der Waals surface area (Å²) in [5.74, 6) is 0. The molecule has 0 saturated heterocycles. The van der Waals surface area contributed by atoms with Crippen LogP contribution in [0.3, 0.4) is 0 Å². The van der Waals surface area contributed by atoms with Crippen molar-refractivity contribution in [3.8, 4) is 0 Å². The molecule has 0 radical (unpaired) electrons. The van der Waals surface area contributed by atoms with Crippen molar-refractivity contribution in [2.75, 3.05) is 6.54 Å². The van der Waals surface area contributed by atoms with Crippen molar-refractivity contribution in [2.45, 2.75) is 59.6 Å². The molecule has 0 aliphatic carbocycles. The molecule has 1 amide bonds. The molecule has 96 valence electrons. The van der Waals surface area contributed by atoms with Gasteiger partial charge >= 0.3 is 6.09 Å². The molecule has 0 aliphatic heterocycles. The average Bonchev–Trinajstić information content (AvgIpc) is 1.94. The lowest BCUT2D eigenvalue weighted by molar-refractivity contribution is 0.0522. The van der Waals surface area contributed by atoms with Crippen molar-refractivity contribution in [2.24, 2.45) is 11.1 Å². The summed E-state index contributed by atoms with van der Waals surface area (Å²) in [7, 11) is 0. The maximum Gasteiger partial charge on any atom is 0.407 e. The summed E-state index contributed by atoms with van der Waals surface area (Å²) >= 11 is 0. The predicted molar refractivity (Wildman–Crippen MR) is 66.3 cm³/mol. The van der Waals surface area contributed by atoms with E-state index in [1.807, 2.05) is 20.8 Å². The van der Waals surface area contributed by atoms with E-state index in [4.69, 9.17) is 10.5 Å². The first-order valence-electron chi connectivity index (χ1n) is 5.72. The van der Waals surface area contributed by atoms with Crippen LogP contribution in [0.2, 0.25) is 0 Å². The van der Waals surface area contributed by atoms with E-state index in [0.717, 1.165) is 6.42 Å². The van der Waals surface area contributed by atoms with Gasteiger partial charge in [0.15, 0.2) is 0 Å². The summed E-state index contributed by atoms with van der Waals surface area (Å²) in [5.41, 5.74) is 5.62. The predicted octanol–water partition coefficient (Wildman–Crippen LogP) is 2.27. The van der Waals surface area contributed by atoms with Gasteiger partial charge < -0.3 is 15.8 Å². The zero-order valence-electron chi connectivity index (χ0n) is 11.4. The summed E-state index contributed by atoms with van der Waals surface area (Å²) in [6.45, 7) is 12.3. The fourth-order valence-electron chi connectivity index (χ4n) is 1.39. The summed E-state index contributed by atoms with van der Waals surface area (Å²) in [6, 6.07) is -0.0347. The molecular weight excluding hydrogens is 204 g/mol. The number of amides is 1. The van der Waals surface area contributed by atoms with Gasteiger partial charge in [-0.1, -0.05) is 20.8 Å². The standard InChI is InChI=1S/C12H26N2O2/c1-11(2,3)7-9(13)8-14-10(15)16-12(4,5)6/h9H,7-8,13H2,1-6H3,(H,14,15). The highest BCUT2D eigenvalue weighted by atomic mass is 16.6. The molecule has 1 unspecified atom stereocenters. The highest BCUT2D eigenvalue weighted by Crippen LogP contribution is 2.19. The lowest BCUT2D eigenvalue weighted by atomic mass is 9.88. The molecule has 3 N–H and O–H groups in total. The van der Waals surface area contributed by atoms with E-state index in [1.54, 1.807) is 0 Å². The van der Waals surface area contributed by atoms with Crippen molar-refractivity contribution in [3.63, 3.8) is 0 Å². The van der Waals surface area contributed by atoms with Crippen LogP contribution in [-0.4, -0.2) is 24.3 Å². The number of nitrogens with one attached hydrogen (secondary N) is 1. The Morgan fingerprint density at radius 2 is 1.75 bits per heavy atom. The quantitative estimate of drug-likeness (QED) is 0.781. The lowest BCUT2D eigenvalue weighted by Gasteiger charge is -2.24. The van der Waals surface area contributed by atoms with Gasteiger partial charge in [0.1, 0.15) is 5.60 Å². The van der Waals surface area contributed by atoms with E-state index >= 15 is 0 Å². The first kappa shape index (κ1) is 15.2. The molecule has 4 heteroatoms. The Morgan fingerprint density at radius 3 is 2.12 bits per heavy atom. The Morgan fingerprint density at radius 1 is 1.25 bits per heavy atom. The van der Waals surface area contributed by atoms with E-state index in [0.29, 0.717) is 6.54 Å². The molecule has 16 heavy (non-hydrogen) atoms. The van der Waals surface area contributed by atoms with Crippen molar-refractivity contribution < 1.29 is 9.53 Å². The van der Waals surface area contributed by atoms with E-state index in [-0.39, 0.29) is 11.5 Å². The van der Waals surface area contributed by atoms with Crippen molar-refractivity contribution >= 4 is 6.09 Å². The van der Waals surface area contributed by atoms with Gasteiger partial charge in [-0.2, -0.15) is 0 Å². The molecule has 0 spiro atoms. The number of nitrogens with two attached hydrogens (primary N) is 1. The largest absolute Gasteiger partial charge is 0.444 e. The molecular formula is C12H26N2O2. The van der Waals surface area contributed by atoms with Gasteiger partial charge in [0, 0.05) is 12.6 Å². The zero-order valence-corrected chi connectivity index (χ0v) is 11.4. The van der Waals surface area contributed by atoms with Gasteiger partial charge in [0.25, 0.3) is 0 Å². The van der Waals surface area contributed by atoms with Crippen LogP contribution in [0.15, 0.2) is 0 Å². The minimum Gasteiger partial charge on any atom is -0.444 e. The monoisotopic (exact) mass is 230 g/mol. The molecule has 1 atom stereocenters. The smallest absolute Gasteiger partial charge is 0.407 e. The molecule has 0 aromatic carbocycles. The third-order valence-electron chi connectivity index (χ3n) is 1.78. The fraction of sp³-hybridized carbons (Fsp3) is 0.917. The van der Waals surface area contributed by atoms with Gasteiger partial charge in [0.05, 0.1) is 0 Å². The normalized spacial score (nSPS) is 14.4. The first-order valence-corrected chi connectivity index (χ1v) is 5.72. The molecule has 0 aromatic rings. The maximum absolute atomic E-state index is 11.3. The second-order valence-electron chi connectivity index (χ2n) is 6.41. The van der Waals surface area contributed by atoms with Gasteiger partial charge in [-0.15, -0.1) is 0 Å². The molecule has 0 heterocycles. The van der Waals surface area contributed by atoms with E-state index < -0.39 is 11.7 Å². The van der Waals surface area contributed by atoms with Crippen molar-refractivity contribution in [3.05, 3.63) is 0 Å². The average molecular weight is 230 g/mol. The van der Waals surface area contributed by atoms with Crippen LogP contribution >= 0.6 is 0 Å². The van der Waals surface area contributed by atoms with Crippen LogP contribution in [0.5, 0.6) is 0 Å². The SMILES string of the molecule is CC(C)(C)CC(N)CNC(=O)OC(C)(C)C. The van der Waals surface area contributed by atoms with Gasteiger partial charge in [-0.05, 0) is 32.6 Å². The minimum absolute atomic E-state index is 0.0347. The summed E-state index contributed by atoms with van der Waals surface area (Å²) < 4.78 is 5.11. The van der Waals surface area contributed by atoms with Crippen molar-refractivity contribution in [1.29, 1.82) is 0 Å². The van der Waals surface area contributed by atoms with E-state index in [2.05, 4.69) is 26.1 Å². The molecule has 0 aromatic heterocycles. The third kappa shape index (κ3) is 9.77. The topological polar surface area (TPSA) is 64.3 Å². The lowest BCUT2D eigenvalue weighted by Crippen LogP contribution is -2.41. The Balaban J connectivity index is 3.85. The van der Waals surface area contributed by atoms with Crippen molar-refractivity contribution in [1.82, 2.24) is 5.32 Å². The zero-order chi connectivity index (χ0) is 13.0. The van der Waals surface area contributed by atoms with Gasteiger partial charge in [-0.3, -0.25) is 0 Å². The maximum atomic E-state index is 11.3. The fourth-order valence-corrected chi connectivity index (χ4v) is 1.39. The van der Waals surface area contributed by atoms with Gasteiger partial charge in [-0.25, -0.2) is 4.79 Å². The molecule has 0 rings (SSSR count). The molecule has 0 aliphatic rings. The molecule has 0 bridgehead atoms. The Kier molecular flexibility index (Phi) is 5.26. The number of rotatable bonds is 3. The van der Waals surface area contributed by atoms with Crippen LogP contribution in [0.25, 0.3) is 0 Å². The third-order valence-corrected chi connectivity index (χ3v) is 1.78. The van der Waals surface area contributed by atoms with E-state index in [1.165, 1.54) is 0 Å². The van der Waals surface area contributed by atoms with Crippen LogP contribution in [0, 0.1) is 5.41 Å². The second kappa shape index (κ2) is 5.53. The Hall–Kier alpha value is -0.770. The molecule has 0 fully saturated rings. The summed E-state index contributed by atoms with van der Waals surface area (Å²) in [4.78, 5) is 11.3. The second-order valence-corrected chi connectivity index (χ2v) is 6.41. The van der Waals surface area contributed by atoms with Crippen LogP contribution < -0.4 is 11.1 Å². The number of carbonyl (C=O) groups is 1. The molecule has 0 saturated carbocycles. The molecule has 4 nitrogen and oxygen atoms in total. The Labute approximate surface area is 98.9 Å². The number of ether oxygens (including phenoxy) is 1. The highest BCUT2D eigenvalue weighted by Gasteiger charge is 2.19. The van der Waals surface area contributed by atoms with Crippen LogP contribution in [0.1, 0.15) is 48.0 Å². The van der Waals surface area contributed by atoms with Crippen LogP contribution in [0.4, 0.5) is 4.79 Å². The number of alkyl carbamates (subject to hydrolysis) is 1. The minimum atomic E-state index is -0.460. The van der Waals surface area contributed by atoms with Gasteiger partial charge in [0.2, 0.25) is 0 Å². The van der Waals surface area contributed by atoms with Crippen LogP contribution in [-0.2, 0) is 4.74 Å². The Bertz CT molecular complexity index is 226. The first-order chi connectivity index (χ1) is 6.99. The number of hydrogen-bond acceptors (Lipinski definition) is 3. The number of hydrogen-bond donors (Lipinski definition) is 2. The summed E-state index contributed by atoms with van der Waals surface area (Å²) in [5, 5.41) is 2.68. The van der Waals surface area contributed by atoms with E-state index in [9.17, 15) is 4.79 Å². The summed E-state index contributed by atoms with van der Waals surface area (Å²) in [6.07, 6.45) is 0.458.